The van der Waals surface area contributed by atoms with E-state index in [9.17, 15) is 18.7 Å². The van der Waals surface area contributed by atoms with E-state index >= 15 is 0 Å². The Morgan fingerprint density at radius 2 is 1.76 bits per heavy atom. The molecule has 0 spiro atoms. The first-order valence-electron chi connectivity index (χ1n) is 6.48. The van der Waals surface area contributed by atoms with Crippen LogP contribution in [-0.4, -0.2) is 11.0 Å². The van der Waals surface area contributed by atoms with Crippen LogP contribution >= 0.6 is 0 Å². The van der Waals surface area contributed by atoms with Crippen LogP contribution in [0.4, 0.5) is 14.5 Å². The summed E-state index contributed by atoms with van der Waals surface area (Å²) in [6.45, 7) is 4.08. The highest BCUT2D eigenvalue weighted by molar-refractivity contribution is 6.06. The highest BCUT2D eigenvalue weighted by atomic mass is 19.1. The van der Waals surface area contributed by atoms with Gasteiger partial charge in [-0.3, -0.25) is 4.79 Å². The highest BCUT2D eigenvalue weighted by Gasteiger charge is 2.18. The van der Waals surface area contributed by atoms with Crippen LogP contribution in [0.25, 0.3) is 0 Å². The Morgan fingerprint density at radius 1 is 1.14 bits per heavy atom. The molecule has 0 unspecified atom stereocenters. The molecule has 2 N–H and O–H groups in total. The fraction of sp³-hybridized carbons (Fsp3) is 0.188. The molecule has 0 aliphatic carbocycles. The lowest BCUT2D eigenvalue weighted by Gasteiger charge is -2.10. The summed E-state index contributed by atoms with van der Waals surface area (Å²) in [4.78, 5) is 12.0. The van der Waals surface area contributed by atoms with Gasteiger partial charge in [0.1, 0.15) is 22.9 Å². The van der Waals surface area contributed by atoms with E-state index < -0.39 is 28.9 Å². The van der Waals surface area contributed by atoms with Gasteiger partial charge in [-0.1, -0.05) is 26.0 Å². The van der Waals surface area contributed by atoms with Gasteiger partial charge in [0.15, 0.2) is 0 Å². The summed E-state index contributed by atoms with van der Waals surface area (Å²) < 4.78 is 26.5. The normalized spacial score (nSPS) is 10.7. The van der Waals surface area contributed by atoms with E-state index in [1.54, 1.807) is 12.1 Å². The maximum atomic E-state index is 13.6. The quantitative estimate of drug-likeness (QED) is 0.896. The fourth-order valence-electron chi connectivity index (χ4n) is 1.93. The number of phenols is 1. The first-order valence-corrected chi connectivity index (χ1v) is 6.48. The second kappa shape index (κ2) is 5.91. The second-order valence-corrected chi connectivity index (χ2v) is 5.01. The lowest BCUT2D eigenvalue weighted by Crippen LogP contribution is -2.14. The molecule has 110 valence electrons. The van der Waals surface area contributed by atoms with Gasteiger partial charge in [-0.15, -0.1) is 0 Å². The van der Waals surface area contributed by atoms with Crippen molar-refractivity contribution in [2.24, 2.45) is 0 Å². The average molecular weight is 291 g/mol. The number of halogens is 2. The summed E-state index contributed by atoms with van der Waals surface area (Å²) >= 11 is 0. The molecule has 1 amide bonds. The van der Waals surface area contributed by atoms with Crippen molar-refractivity contribution in [3.05, 3.63) is 59.2 Å². The van der Waals surface area contributed by atoms with E-state index in [0.717, 1.165) is 5.56 Å². The van der Waals surface area contributed by atoms with E-state index in [1.165, 1.54) is 0 Å². The number of nitrogens with one attached hydrogen (secondary N) is 1. The lowest BCUT2D eigenvalue weighted by atomic mass is 10.0. The van der Waals surface area contributed by atoms with E-state index in [-0.39, 0.29) is 0 Å². The van der Waals surface area contributed by atoms with Crippen molar-refractivity contribution in [1.82, 2.24) is 0 Å². The molecule has 21 heavy (non-hydrogen) atoms. The Morgan fingerprint density at radius 3 is 2.29 bits per heavy atom. The van der Waals surface area contributed by atoms with E-state index in [1.807, 2.05) is 26.0 Å². The third-order valence-electron chi connectivity index (χ3n) is 3.10. The van der Waals surface area contributed by atoms with E-state index in [4.69, 9.17) is 0 Å². The number of amides is 1. The molecule has 0 fully saturated rings. The topological polar surface area (TPSA) is 49.3 Å². The van der Waals surface area contributed by atoms with Crippen molar-refractivity contribution in [2.45, 2.75) is 19.8 Å². The van der Waals surface area contributed by atoms with Crippen molar-refractivity contribution in [2.75, 3.05) is 5.32 Å². The Hall–Kier alpha value is -2.43. The summed E-state index contributed by atoms with van der Waals surface area (Å²) in [5, 5.41) is 12.0. The molecule has 0 saturated carbocycles. The number of benzene rings is 2. The number of aromatic hydroxyl groups is 1. The molecular formula is C16H15F2NO2. The van der Waals surface area contributed by atoms with Gasteiger partial charge in [-0.25, -0.2) is 8.78 Å². The van der Waals surface area contributed by atoms with Crippen molar-refractivity contribution in [3.63, 3.8) is 0 Å². The monoisotopic (exact) mass is 291 g/mol. The molecule has 0 bridgehead atoms. The molecule has 0 atom stereocenters. The molecule has 0 saturated heterocycles. The number of hydrogen-bond acceptors (Lipinski definition) is 2. The van der Waals surface area contributed by atoms with Gasteiger partial charge < -0.3 is 10.4 Å². The fourth-order valence-corrected chi connectivity index (χ4v) is 1.93. The van der Waals surface area contributed by atoms with Gasteiger partial charge in [-0.05, 0) is 23.6 Å². The molecule has 0 aromatic heterocycles. The maximum absolute atomic E-state index is 13.6. The Balaban J connectivity index is 2.22. The molecule has 5 heteroatoms. The van der Waals surface area contributed by atoms with Crippen molar-refractivity contribution in [3.8, 4) is 5.75 Å². The van der Waals surface area contributed by atoms with Crippen LogP contribution in [-0.2, 0) is 0 Å². The largest absolute Gasteiger partial charge is 0.507 e. The molecule has 0 heterocycles. The zero-order chi connectivity index (χ0) is 15.6. The maximum Gasteiger partial charge on any atom is 0.262 e. The summed E-state index contributed by atoms with van der Waals surface area (Å²) in [6.07, 6.45) is 0. The smallest absolute Gasteiger partial charge is 0.262 e. The highest BCUT2D eigenvalue weighted by Crippen LogP contribution is 2.24. The first-order chi connectivity index (χ1) is 9.88. The van der Waals surface area contributed by atoms with Crippen LogP contribution in [0.3, 0.4) is 0 Å². The number of anilines is 1. The van der Waals surface area contributed by atoms with Crippen LogP contribution < -0.4 is 5.32 Å². The summed E-state index contributed by atoms with van der Waals surface area (Å²) in [7, 11) is 0. The minimum atomic E-state index is -1.11. The van der Waals surface area contributed by atoms with E-state index in [2.05, 4.69) is 5.32 Å². The number of hydrogen-bond donors (Lipinski definition) is 2. The summed E-state index contributed by atoms with van der Waals surface area (Å²) in [5.41, 5.74) is 0.987. The third-order valence-corrected chi connectivity index (χ3v) is 3.10. The molecule has 2 rings (SSSR count). The predicted octanol–water partition coefficient (Wildman–Crippen LogP) is 4.05. The van der Waals surface area contributed by atoms with E-state index in [0.29, 0.717) is 23.7 Å². The van der Waals surface area contributed by atoms with Crippen molar-refractivity contribution >= 4 is 11.6 Å². The van der Waals surface area contributed by atoms with Crippen LogP contribution in [0.15, 0.2) is 36.4 Å². The molecular weight excluding hydrogens is 276 g/mol. The van der Waals surface area contributed by atoms with Gasteiger partial charge in [0.25, 0.3) is 5.91 Å². The molecule has 0 aliphatic heterocycles. The average Bonchev–Trinajstić information content (AvgIpc) is 2.37. The Labute approximate surface area is 121 Å². The zero-order valence-corrected chi connectivity index (χ0v) is 11.7. The van der Waals surface area contributed by atoms with Gasteiger partial charge >= 0.3 is 0 Å². The summed E-state index contributed by atoms with van der Waals surface area (Å²) in [5.74, 6) is -3.26. The SMILES string of the molecule is CC(C)c1ccc(NC(=O)c2c(O)cc(F)cc2F)cc1. The number of rotatable bonds is 3. The van der Waals surface area contributed by atoms with Gasteiger partial charge in [0, 0.05) is 17.8 Å². The number of phenolic OH excluding ortho intramolecular Hbond substituents is 1. The minimum Gasteiger partial charge on any atom is -0.507 e. The molecule has 0 aliphatic rings. The number of carbonyl (C=O) groups is 1. The second-order valence-electron chi connectivity index (χ2n) is 5.01. The Kier molecular flexibility index (Phi) is 4.21. The standard InChI is InChI=1S/C16H15F2NO2/c1-9(2)10-3-5-12(6-4-10)19-16(21)15-13(18)7-11(17)8-14(15)20/h3-9,20H,1-2H3,(H,19,21). The van der Waals surface area contributed by atoms with Gasteiger partial charge in [-0.2, -0.15) is 0 Å². The predicted molar refractivity (Wildman–Crippen MR) is 76.5 cm³/mol. The van der Waals surface area contributed by atoms with Crippen LogP contribution in [0.5, 0.6) is 5.75 Å². The minimum absolute atomic E-state index is 0.355. The van der Waals surface area contributed by atoms with Gasteiger partial charge in [0.05, 0.1) is 0 Å². The summed E-state index contributed by atoms with van der Waals surface area (Å²) in [6, 6.07) is 8.32. The van der Waals surface area contributed by atoms with Crippen LogP contribution in [0.1, 0.15) is 35.7 Å². The lowest BCUT2D eigenvalue weighted by molar-refractivity contribution is 0.102. The van der Waals surface area contributed by atoms with Crippen molar-refractivity contribution in [1.29, 1.82) is 0 Å². The van der Waals surface area contributed by atoms with Crippen LogP contribution in [0, 0.1) is 11.6 Å². The van der Waals surface area contributed by atoms with Gasteiger partial charge in [0.2, 0.25) is 0 Å². The zero-order valence-electron chi connectivity index (χ0n) is 11.7. The first kappa shape index (κ1) is 15.0. The third kappa shape index (κ3) is 3.37. The molecule has 0 radical (unpaired) electrons. The van der Waals surface area contributed by atoms with Crippen molar-refractivity contribution < 1.29 is 18.7 Å². The molecule has 2 aromatic carbocycles. The Bertz CT molecular complexity index is 643. The molecule has 2 aromatic rings. The van der Waals surface area contributed by atoms with Crippen LogP contribution in [0.2, 0.25) is 0 Å². The molecule has 3 nitrogen and oxygen atoms in total. The number of carbonyl (C=O) groups excluding carboxylic acids is 1.